The molecule has 3 fully saturated rings. The summed E-state index contributed by atoms with van der Waals surface area (Å²) in [6, 6.07) is 6.33. The summed E-state index contributed by atoms with van der Waals surface area (Å²) in [5.74, 6) is 0.327. The molecule has 1 atom stereocenters. The molecule has 0 amide bonds. The Morgan fingerprint density at radius 3 is 2.63 bits per heavy atom. The van der Waals surface area contributed by atoms with Crippen molar-refractivity contribution in [1.29, 1.82) is 0 Å². The van der Waals surface area contributed by atoms with Gasteiger partial charge < -0.3 is 14.4 Å². The van der Waals surface area contributed by atoms with Crippen molar-refractivity contribution in [3.8, 4) is 5.75 Å². The van der Waals surface area contributed by atoms with E-state index in [0.29, 0.717) is 17.8 Å². The monoisotopic (exact) mass is 376 g/mol. The number of nitro benzene ring substituents is 1. The molecule has 0 spiro atoms. The summed E-state index contributed by atoms with van der Waals surface area (Å²) in [5, 5.41) is 11.1. The van der Waals surface area contributed by atoms with E-state index in [9.17, 15) is 10.1 Å². The molecule has 3 aliphatic rings. The fourth-order valence-corrected chi connectivity index (χ4v) is 4.61. The second kappa shape index (κ2) is 8.00. The molecule has 0 radical (unpaired) electrons. The van der Waals surface area contributed by atoms with E-state index in [1.165, 1.54) is 7.11 Å². The van der Waals surface area contributed by atoms with E-state index in [1.54, 1.807) is 12.1 Å². The highest BCUT2D eigenvalue weighted by Crippen LogP contribution is 2.33. The Labute approximate surface area is 159 Å². The Balaban J connectivity index is 1.36. The minimum Gasteiger partial charge on any atom is -0.490 e. The van der Waals surface area contributed by atoms with E-state index in [1.807, 2.05) is 6.07 Å². The van der Waals surface area contributed by atoms with Crippen molar-refractivity contribution in [2.24, 2.45) is 0 Å². The van der Waals surface area contributed by atoms with Gasteiger partial charge in [-0.3, -0.25) is 19.9 Å². The lowest BCUT2D eigenvalue weighted by Crippen LogP contribution is -2.60. The van der Waals surface area contributed by atoms with Crippen LogP contribution in [0.2, 0.25) is 0 Å². The van der Waals surface area contributed by atoms with Gasteiger partial charge in [-0.05, 0) is 18.9 Å². The first-order valence-electron chi connectivity index (χ1n) is 9.79. The van der Waals surface area contributed by atoms with Gasteiger partial charge in [0.2, 0.25) is 0 Å². The molecule has 0 aliphatic carbocycles. The number of benzene rings is 1. The molecule has 0 unspecified atom stereocenters. The van der Waals surface area contributed by atoms with Crippen molar-refractivity contribution in [2.75, 3.05) is 64.5 Å². The maximum Gasteiger partial charge on any atom is 0.311 e. The van der Waals surface area contributed by atoms with Crippen molar-refractivity contribution in [1.82, 2.24) is 9.80 Å². The number of nitrogens with zero attached hydrogens (tertiary/aromatic N) is 4. The average Bonchev–Trinajstić information content (AvgIpc) is 2.73. The van der Waals surface area contributed by atoms with Gasteiger partial charge in [0.05, 0.1) is 25.2 Å². The molecule has 1 aromatic rings. The summed E-state index contributed by atoms with van der Waals surface area (Å²) < 4.78 is 10.9. The maximum atomic E-state index is 11.1. The van der Waals surface area contributed by atoms with E-state index in [0.717, 1.165) is 71.0 Å². The third-order valence-corrected chi connectivity index (χ3v) is 6.18. The van der Waals surface area contributed by atoms with Crippen LogP contribution in [-0.2, 0) is 4.74 Å². The minimum atomic E-state index is -0.399. The third kappa shape index (κ3) is 3.88. The zero-order valence-corrected chi connectivity index (χ0v) is 15.9. The van der Waals surface area contributed by atoms with Crippen molar-refractivity contribution in [3.63, 3.8) is 0 Å². The van der Waals surface area contributed by atoms with Gasteiger partial charge in [-0.2, -0.15) is 0 Å². The Morgan fingerprint density at radius 2 is 1.89 bits per heavy atom. The smallest absolute Gasteiger partial charge is 0.311 e. The Bertz CT molecular complexity index is 678. The summed E-state index contributed by atoms with van der Waals surface area (Å²) in [7, 11) is 1.48. The van der Waals surface area contributed by atoms with E-state index >= 15 is 0 Å². The van der Waals surface area contributed by atoms with Gasteiger partial charge in [-0.25, -0.2) is 0 Å². The van der Waals surface area contributed by atoms with Gasteiger partial charge in [0, 0.05) is 69.2 Å². The summed E-state index contributed by atoms with van der Waals surface area (Å²) in [6.45, 7) is 8.13. The second-order valence-electron chi connectivity index (χ2n) is 7.59. The molecule has 3 heterocycles. The number of fused-ring (bicyclic) bond motifs is 1. The zero-order chi connectivity index (χ0) is 18.8. The quantitative estimate of drug-likeness (QED) is 0.584. The fraction of sp³-hybridized carbons (Fsp3) is 0.684. The number of anilines is 1. The van der Waals surface area contributed by atoms with Crippen molar-refractivity contribution in [3.05, 3.63) is 28.3 Å². The van der Waals surface area contributed by atoms with Crippen LogP contribution in [0.15, 0.2) is 18.2 Å². The molecular formula is C19H28N4O4. The molecule has 8 heteroatoms. The lowest BCUT2D eigenvalue weighted by Gasteiger charge is -2.48. The van der Waals surface area contributed by atoms with Crippen molar-refractivity contribution in [2.45, 2.75) is 24.9 Å². The van der Waals surface area contributed by atoms with Gasteiger partial charge >= 0.3 is 5.69 Å². The molecular weight excluding hydrogens is 348 g/mol. The van der Waals surface area contributed by atoms with Crippen molar-refractivity contribution < 1.29 is 14.4 Å². The molecule has 0 bridgehead atoms. The number of rotatable bonds is 4. The molecule has 0 N–H and O–H groups in total. The number of morpholine rings is 1. The number of ether oxygens (including phenoxy) is 2. The molecule has 0 aromatic heterocycles. The predicted octanol–water partition coefficient (Wildman–Crippen LogP) is 1.59. The van der Waals surface area contributed by atoms with Gasteiger partial charge in [0.25, 0.3) is 0 Å². The Kier molecular flexibility index (Phi) is 5.47. The molecule has 0 saturated carbocycles. The molecule has 27 heavy (non-hydrogen) atoms. The average molecular weight is 376 g/mol. The predicted molar refractivity (Wildman–Crippen MR) is 103 cm³/mol. The van der Waals surface area contributed by atoms with E-state index in [-0.39, 0.29) is 5.69 Å². The van der Waals surface area contributed by atoms with Gasteiger partial charge in [0.15, 0.2) is 5.75 Å². The Morgan fingerprint density at radius 1 is 1.11 bits per heavy atom. The second-order valence-corrected chi connectivity index (χ2v) is 7.59. The molecule has 3 saturated heterocycles. The summed E-state index contributed by atoms with van der Waals surface area (Å²) in [5.41, 5.74) is 1.02. The number of hydrogen-bond donors (Lipinski definition) is 0. The Hall–Kier alpha value is -1.90. The zero-order valence-electron chi connectivity index (χ0n) is 15.9. The first-order chi connectivity index (χ1) is 13.2. The van der Waals surface area contributed by atoms with Crippen LogP contribution in [0.1, 0.15) is 12.8 Å². The van der Waals surface area contributed by atoms with Gasteiger partial charge in [0.1, 0.15) is 0 Å². The third-order valence-electron chi connectivity index (χ3n) is 6.18. The van der Waals surface area contributed by atoms with Crippen LogP contribution < -0.4 is 9.64 Å². The summed E-state index contributed by atoms with van der Waals surface area (Å²) >= 11 is 0. The number of nitro groups is 1. The minimum absolute atomic E-state index is 0.0173. The van der Waals surface area contributed by atoms with Crippen LogP contribution >= 0.6 is 0 Å². The van der Waals surface area contributed by atoms with Crippen LogP contribution in [0.25, 0.3) is 0 Å². The summed E-state index contributed by atoms with van der Waals surface area (Å²) in [4.78, 5) is 18.2. The van der Waals surface area contributed by atoms with E-state index in [4.69, 9.17) is 9.47 Å². The standard InChI is InChI=1S/C19H28N4O4/c1-26-19-12-16(2-3-18(19)23(24)25)20-6-4-15(5-7-20)22-9-8-21-10-11-27-14-17(21)13-22/h2-3,12,15,17H,4-11,13-14H2,1H3/t17-/m0/s1. The van der Waals surface area contributed by atoms with Crippen LogP contribution in [0.4, 0.5) is 11.4 Å². The number of piperazine rings is 1. The first-order valence-corrected chi connectivity index (χ1v) is 9.79. The molecule has 148 valence electrons. The highest BCUT2D eigenvalue weighted by molar-refractivity contribution is 5.59. The molecule has 3 aliphatic heterocycles. The van der Waals surface area contributed by atoms with Crippen LogP contribution in [-0.4, -0.2) is 86.4 Å². The van der Waals surface area contributed by atoms with Crippen LogP contribution in [0.5, 0.6) is 5.75 Å². The molecule has 1 aromatic carbocycles. The largest absolute Gasteiger partial charge is 0.490 e. The highest BCUT2D eigenvalue weighted by atomic mass is 16.6. The summed E-state index contributed by atoms with van der Waals surface area (Å²) in [6.07, 6.45) is 2.24. The first kappa shape index (κ1) is 18.5. The van der Waals surface area contributed by atoms with E-state index < -0.39 is 4.92 Å². The fourth-order valence-electron chi connectivity index (χ4n) is 4.61. The SMILES string of the molecule is COc1cc(N2CCC(N3CCN4CCOC[C@@H]4C3)CC2)ccc1[N+](=O)[O-]. The highest BCUT2D eigenvalue weighted by Gasteiger charge is 2.34. The van der Waals surface area contributed by atoms with E-state index in [2.05, 4.69) is 14.7 Å². The molecule has 8 nitrogen and oxygen atoms in total. The maximum absolute atomic E-state index is 11.1. The number of hydrogen-bond acceptors (Lipinski definition) is 7. The number of piperidine rings is 1. The number of methoxy groups -OCH3 is 1. The topological polar surface area (TPSA) is 71.3 Å². The lowest BCUT2D eigenvalue weighted by molar-refractivity contribution is -0.385. The van der Waals surface area contributed by atoms with Crippen LogP contribution in [0.3, 0.4) is 0 Å². The van der Waals surface area contributed by atoms with Crippen molar-refractivity contribution >= 4 is 11.4 Å². The van der Waals surface area contributed by atoms with Crippen LogP contribution in [0, 0.1) is 10.1 Å². The normalized spacial score (nSPS) is 25.2. The lowest BCUT2D eigenvalue weighted by atomic mass is 9.99. The van der Waals surface area contributed by atoms with Gasteiger partial charge in [-0.1, -0.05) is 0 Å². The van der Waals surface area contributed by atoms with Gasteiger partial charge in [-0.15, -0.1) is 0 Å². The molecule has 4 rings (SSSR count).